The van der Waals surface area contributed by atoms with Gasteiger partial charge in [0.1, 0.15) is 5.75 Å². The van der Waals surface area contributed by atoms with Crippen molar-refractivity contribution in [1.82, 2.24) is 4.90 Å². The van der Waals surface area contributed by atoms with Crippen molar-refractivity contribution in [3.8, 4) is 5.75 Å². The first-order valence-corrected chi connectivity index (χ1v) is 6.68. The highest BCUT2D eigenvalue weighted by Gasteiger charge is 2.21. The van der Waals surface area contributed by atoms with Crippen molar-refractivity contribution in [2.24, 2.45) is 5.73 Å². The zero-order valence-corrected chi connectivity index (χ0v) is 12.2. The Hall–Kier alpha value is -1.55. The molecule has 106 valence electrons. The minimum atomic E-state index is -0.446. The molecule has 1 amide bonds. The fraction of sp³-hybridized carbons (Fsp3) is 0.533. The topological polar surface area (TPSA) is 55.6 Å². The number of nitrogens with two attached hydrogens (primary N) is 1. The summed E-state index contributed by atoms with van der Waals surface area (Å²) < 4.78 is 5.13. The van der Waals surface area contributed by atoms with E-state index in [0.29, 0.717) is 6.54 Å². The lowest BCUT2D eigenvalue weighted by atomic mass is 10.0. The van der Waals surface area contributed by atoms with Gasteiger partial charge in [0.25, 0.3) is 0 Å². The number of hydrogen-bond acceptors (Lipinski definition) is 3. The van der Waals surface area contributed by atoms with Crippen LogP contribution in [0.3, 0.4) is 0 Å². The number of amides is 1. The van der Waals surface area contributed by atoms with E-state index < -0.39 is 6.04 Å². The molecule has 0 saturated carbocycles. The first-order valence-electron chi connectivity index (χ1n) is 6.68. The minimum absolute atomic E-state index is 0.00325. The molecule has 0 aliphatic rings. The summed E-state index contributed by atoms with van der Waals surface area (Å²) in [6.45, 7) is 6.43. The van der Waals surface area contributed by atoms with E-state index in [9.17, 15) is 4.79 Å². The molecule has 1 aromatic carbocycles. The molecule has 0 unspecified atom stereocenters. The quantitative estimate of drug-likeness (QED) is 0.852. The van der Waals surface area contributed by atoms with Crippen LogP contribution in [0, 0.1) is 0 Å². The van der Waals surface area contributed by atoms with Gasteiger partial charge >= 0.3 is 0 Å². The summed E-state index contributed by atoms with van der Waals surface area (Å²) in [7, 11) is 1.65. The number of nitrogens with zero attached hydrogens (tertiary/aromatic N) is 1. The lowest BCUT2D eigenvalue weighted by Gasteiger charge is -2.29. The molecule has 0 saturated heterocycles. The highest BCUT2D eigenvalue weighted by Crippen LogP contribution is 2.15. The number of benzene rings is 1. The van der Waals surface area contributed by atoms with Crippen molar-refractivity contribution in [1.29, 1.82) is 0 Å². The summed E-state index contributed by atoms with van der Waals surface area (Å²) in [5, 5.41) is 0. The van der Waals surface area contributed by atoms with Gasteiger partial charge in [-0.2, -0.15) is 0 Å². The number of methoxy groups -OCH3 is 1. The van der Waals surface area contributed by atoms with E-state index in [2.05, 4.69) is 0 Å². The molecule has 0 aliphatic heterocycles. The zero-order valence-electron chi connectivity index (χ0n) is 12.2. The second-order valence-corrected chi connectivity index (χ2v) is 4.81. The average molecular weight is 264 g/mol. The van der Waals surface area contributed by atoms with Gasteiger partial charge in [0, 0.05) is 12.6 Å². The van der Waals surface area contributed by atoms with Crippen LogP contribution in [0.1, 0.15) is 26.3 Å². The van der Waals surface area contributed by atoms with Crippen LogP contribution in [-0.4, -0.2) is 36.5 Å². The van der Waals surface area contributed by atoms with Crippen molar-refractivity contribution in [3.05, 3.63) is 29.8 Å². The van der Waals surface area contributed by atoms with Gasteiger partial charge in [-0.05, 0) is 44.9 Å². The molecule has 0 spiro atoms. The molecule has 19 heavy (non-hydrogen) atoms. The van der Waals surface area contributed by atoms with Crippen molar-refractivity contribution in [2.45, 2.75) is 39.3 Å². The Morgan fingerprint density at radius 2 is 1.89 bits per heavy atom. The van der Waals surface area contributed by atoms with Crippen LogP contribution in [-0.2, 0) is 11.2 Å². The Balaban J connectivity index is 2.70. The first kappa shape index (κ1) is 15.5. The van der Waals surface area contributed by atoms with Crippen LogP contribution in [0.5, 0.6) is 5.75 Å². The Morgan fingerprint density at radius 1 is 1.32 bits per heavy atom. The molecule has 0 radical (unpaired) electrons. The number of rotatable bonds is 6. The van der Waals surface area contributed by atoms with Gasteiger partial charge < -0.3 is 15.4 Å². The summed E-state index contributed by atoms with van der Waals surface area (Å²) in [6, 6.07) is 7.62. The summed E-state index contributed by atoms with van der Waals surface area (Å²) in [6.07, 6.45) is 0.816. The summed E-state index contributed by atoms with van der Waals surface area (Å²) >= 11 is 0. The third kappa shape index (κ3) is 4.24. The van der Waals surface area contributed by atoms with Gasteiger partial charge in [-0.3, -0.25) is 4.79 Å². The smallest absolute Gasteiger partial charge is 0.239 e. The first-order chi connectivity index (χ1) is 8.99. The molecule has 4 nitrogen and oxygen atoms in total. The van der Waals surface area contributed by atoms with Gasteiger partial charge in [-0.25, -0.2) is 0 Å². The molecule has 2 N–H and O–H groups in total. The zero-order chi connectivity index (χ0) is 14.4. The average Bonchev–Trinajstić information content (AvgIpc) is 2.40. The largest absolute Gasteiger partial charge is 0.497 e. The van der Waals surface area contributed by atoms with E-state index in [0.717, 1.165) is 12.2 Å². The van der Waals surface area contributed by atoms with E-state index >= 15 is 0 Å². The number of likely N-dealkylation sites (N-methyl/N-ethyl adjacent to an activating group) is 1. The molecule has 1 aromatic rings. The number of ether oxygens (including phenoxy) is 1. The summed E-state index contributed by atoms with van der Waals surface area (Å²) in [5.41, 5.74) is 6.86. The highest BCUT2D eigenvalue weighted by atomic mass is 16.5. The maximum absolute atomic E-state index is 12.0. The Kier molecular flexibility index (Phi) is 5.83. The number of carbonyl (C=O) groups excluding carboxylic acids is 1. The van der Waals surface area contributed by atoms with Crippen LogP contribution < -0.4 is 10.5 Å². The lowest BCUT2D eigenvalue weighted by molar-refractivity contribution is -0.133. The molecule has 0 fully saturated rings. The van der Waals surface area contributed by atoms with Crippen molar-refractivity contribution < 1.29 is 9.53 Å². The van der Waals surface area contributed by atoms with E-state index in [1.54, 1.807) is 14.0 Å². The van der Waals surface area contributed by atoms with E-state index in [1.165, 1.54) is 5.56 Å². The molecule has 0 aliphatic carbocycles. The SMILES string of the molecule is CCN(C(=O)[C@@H](C)N)[C@@H](C)Cc1ccc(OC)cc1. The normalized spacial score (nSPS) is 13.7. The maximum atomic E-state index is 12.0. The third-order valence-electron chi connectivity index (χ3n) is 3.24. The van der Waals surface area contributed by atoms with Crippen molar-refractivity contribution in [2.75, 3.05) is 13.7 Å². The van der Waals surface area contributed by atoms with Crippen LogP contribution in [0.2, 0.25) is 0 Å². The lowest BCUT2D eigenvalue weighted by Crippen LogP contribution is -2.47. The fourth-order valence-electron chi connectivity index (χ4n) is 2.16. The molecule has 0 aromatic heterocycles. The molecule has 4 heteroatoms. The molecule has 2 atom stereocenters. The van der Waals surface area contributed by atoms with Crippen molar-refractivity contribution in [3.63, 3.8) is 0 Å². The van der Waals surface area contributed by atoms with E-state index in [1.807, 2.05) is 43.0 Å². The molecule has 0 heterocycles. The third-order valence-corrected chi connectivity index (χ3v) is 3.24. The Morgan fingerprint density at radius 3 is 2.32 bits per heavy atom. The van der Waals surface area contributed by atoms with Crippen LogP contribution >= 0.6 is 0 Å². The molecular weight excluding hydrogens is 240 g/mol. The Bertz CT molecular complexity index is 401. The monoisotopic (exact) mass is 264 g/mol. The molecular formula is C15H24N2O2. The maximum Gasteiger partial charge on any atom is 0.239 e. The van der Waals surface area contributed by atoms with E-state index in [-0.39, 0.29) is 11.9 Å². The fourth-order valence-corrected chi connectivity index (χ4v) is 2.16. The van der Waals surface area contributed by atoms with Gasteiger partial charge in [0.05, 0.1) is 13.2 Å². The number of hydrogen-bond donors (Lipinski definition) is 1. The second kappa shape index (κ2) is 7.14. The van der Waals surface area contributed by atoms with Gasteiger partial charge in [-0.15, -0.1) is 0 Å². The van der Waals surface area contributed by atoms with Crippen LogP contribution in [0.4, 0.5) is 0 Å². The van der Waals surface area contributed by atoms with Gasteiger partial charge in [0.2, 0.25) is 5.91 Å². The summed E-state index contributed by atoms with van der Waals surface area (Å²) in [5.74, 6) is 0.846. The van der Waals surface area contributed by atoms with E-state index in [4.69, 9.17) is 10.5 Å². The standard InChI is InChI=1S/C15H24N2O2/c1-5-17(15(18)12(3)16)11(2)10-13-6-8-14(19-4)9-7-13/h6-9,11-12H,5,10,16H2,1-4H3/t11-,12+/m0/s1. The van der Waals surface area contributed by atoms with Crippen LogP contribution in [0.25, 0.3) is 0 Å². The molecule has 1 rings (SSSR count). The highest BCUT2D eigenvalue weighted by molar-refractivity contribution is 5.81. The Labute approximate surface area is 115 Å². The van der Waals surface area contributed by atoms with Crippen LogP contribution in [0.15, 0.2) is 24.3 Å². The second-order valence-electron chi connectivity index (χ2n) is 4.81. The van der Waals surface area contributed by atoms with Crippen molar-refractivity contribution >= 4 is 5.91 Å². The van der Waals surface area contributed by atoms with Gasteiger partial charge in [-0.1, -0.05) is 12.1 Å². The predicted octanol–water partition coefficient (Wildman–Crippen LogP) is 1.82. The minimum Gasteiger partial charge on any atom is -0.497 e. The number of carbonyl (C=O) groups is 1. The van der Waals surface area contributed by atoms with Gasteiger partial charge in [0.15, 0.2) is 0 Å². The predicted molar refractivity (Wildman–Crippen MR) is 77.2 cm³/mol. The molecule has 0 bridgehead atoms. The summed E-state index contributed by atoms with van der Waals surface area (Å²) in [4.78, 5) is 13.8.